The zero-order chi connectivity index (χ0) is 19.9. The second-order valence-electron chi connectivity index (χ2n) is 8.28. The molecule has 1 aliphatic carbocycles. The highest BCUT2D eigenvalue weighted by molar-refractivity contribution is 5.79. The van der Waals surface area contributed by atoms with Crippen LogP contribution in [0.15, 0.2) is 6.07 Å². The normalized spacial score (nSPS) is 20.9. The molecular formula is C21H35N5O2. The van der Waals surface area contributed by atoms with E-state index in [1.807, 2.05) is 18.0 Å². The van der Waals surface area contributed by atoms with Gasteiger partial charge in [-0.1, -0.05) is 19.3 Å². The lowest BCUT2D eigenvalue weighted by Crippen LogP contribution is -2.29. The minimum atomic E-state index is 0.127. The van der Waals surface area contributed by atoms with Gasteiger partial charge in [0.2, 0.25) is 5.91 Å². The lowest BCUT2D eigenvalue weighted by molar-refractivity contribution is -0.128. The predicted octanol–water partition coefficient (Wildman–Crippen LogP) is 2.49. The van der Waals surface area contributed by atoms with E-state index in [1.165, 1.54) is 32.1 Å². The summed E-state index contributed by atoms with van der Waals surface area (Å²) in [5, 5.41) is 3.15. The van der Waals surface area contributed by atoms with Crippen molar-refractivity contribution in [1.82, 2.24) is 19.8 Å². The van der Waals surface area contributed by atoms with E-state index >= 15 is 0 Å². The van der Waals surface area contributed by atoms with Gasteiger partial charge in [0.1, 0.15) is 11.6 Å². The molecule has 2 aliphatic rings. The number of likely N-dealkylation sites (tertiary alicyclic amines) is 1. The van der Waals surface area contributed by atoms with E-state index in [4.69, 9.17) is 9.72 Å². The number of ether oxygens (including phenoxy) is 1. The summed E-state index contributed by atoms with van der Waals surface area (Å²) < 4.78 is 5.12. The first kappa shape index (κ1) is 21.0. The maximum atomic E-state index is 12.3. The fourth-order valence-electron chi connectivity index (χ4n) is 4.43. The van der Waals surface area contributed by atoms with Crippen molar-refractivity contribution < 1.29 is 9.53 Å². The number of amides is 1. The summed E-state index contributed by atoms with van der Waals surface area (Å²) in [6.45, 7) is 3.77. The molecule has 2 heterocycles. The smallest absolute Gasteiger partial charge is 0.223 e. The van der Waals surface area contributed by atoms with Gasteiger partial charge in [0.15, 0.2) is 0 Å². The molecule has 1 aromatic rings. The fourth-order valence-corrected chi connectivity index (χ4v) is 4.43. The van der Waals surface area contributed by atoms with Crippen LogP contribution in [0.3, 0.4) is 0 Å². The van der Waals surface area contributed by atoms with Crippen molar-refractivity contribution in [1.29, 1.82) is 0 Å². The van der Waals surface area contributed by atoms with Crippen molar-refractivity contribution in [2.75, 3.05) is 52.8 Å². The molecule has 1 aromatic heterocycles. The lowest BCUT2D eigenvalue weighted by Gasteiger charge is -2.26. The highest BCUT2D eigenvalue weighted by Gasteiger charge is 2.31. The van der Waals surface area contributed by atoms with Gasteiger partial charge in [-0.05, 0) is 25.8 Å². The van der Waals surface area contributed by atoms with Crippen LogP contribution in [-0.2, 0) is 16.1 Å². The first-order chi connectivity index (χ1) is 13.6. The fraction of sp³-hybridized carbons (Fsp3) is 0.762. The summed E-state index contributed by atoms with van der Waals surface area (Å²) in [7, 11) is 5.71. The molecule has 1 unspecified atom stereocenters. The van der Waals surface area contributed by atoms with Crippen LogP contribution in [0.2, 0.25) is 0 Å². The van der Waals surface area contributed by atoms with E-state index in [9.17, 15) is 4.79 Å². The third-order valence-electron chi connectivity index (χ3n) is 5.95. The predicted molar refractivity (Wildman–Crippen MR) is 110 cm³/mol. The summed E-state index contributed by atoms with van der Waals surface area (Å²) in [6, 6.07) is 1.99. The van der Waals surface area contributed by atoms with Crippen LogP contribution >= 0.6 is 0 Å². The quantitative estimate of drug-likeness (QED) is 0.700. The number of carbonyl (C=O) groups is 1. The summed E-state index contributed by atoms with van der Waals surface area (Å²) in [5.74, 6) is 2.77. The van der Waals surface area contributed by atoms with Gasteiger partial charge in [-0.2, -0.15) is 0 Å². The van der Waals surface area contributed by atoms with Crippen LogP contribution in [0, 0.1) is 5.92 Å². The van der Waals surface area contributed by atoms with Gasteiger partial charge in [-0.15, -0.1) is 0 Å². The molecule has 1 atom stereocenters. The van der Waals surface area contributed by atoms with E-state index in [-0.39, 0.29) is 11.8 Å². The molecule has 7 nitrogen and oxygen atoms in total. The molecule has 2 fully saturated rings. The molecule has 1 saturated carbocycles. The Bertz CT molecular complexity index is 648. The first-order valence-electron chi connectivity index (χ1n) is 10.6. The van der Waals surface area contributed by atoms with E-state index in [2.05, 4.69) is 22.2 Å². The van der Waals surface area contributed by atoms with Crippen LogP contribution in [0.1, 0.15) is 56.0 Å². The number of anilines is 1. The van der Waals surface area contributed by atoms with E-state index in [0.29, 0.717) is 26.1 Å². The number of nitrogens with one attached hydrogen (secondary N) is 1. The van der Waals surface area contributed by atoms with Gasteiger partial charge < -0.3 is 15.0 Å². The standard InChI is InChI=1S/C21H35N5O2/c1-22-19-12-18(17-11-21(27)26(14-17)9-10-28-3)23-20(24-19)15-25(2)13-16-7-5-4-6-8-16/h12,16-17H,4-11,13-15H2,1-3H3,(H,22,23,24). The number of aromatic nitrogens is 2. The van der Waals surface area contributed by atoms with Crippen LogP contribution in [0.25, 0.3) is 0 Å². The number of methoxy groups -OCH3 is 1. The Labute approximate surface area is 168 Å². The molecule has 1 aliphatic heterocycles. The van der Waals surface area contributed by atoms with Gasteiger partial charge in [0, 0.05) is 52.2 Å². The monoisotopic (exact) mass is 389 g/mol. The molecule has 1 saturated heterocycles. The number of carbonyl (C=O) groups excluding carboxylic acids is 1. The van der Waals surface area contributed by atoms with Gasteiger partial charge in [-0.25, -0.2) is 9.97 Å². The Kier molecular flexibility index (Phi) is 7.62. The minimum absolute atomic E-state index is 0.127. The van der Waals surface area contributed by atoms with E-state index < -0.39 is 0 Å². The van der Waals surface area contributed by atoms with Crippen LogP contribution in [0.5, 0.6) is 0 Å². The molecule has 0 aromatic carbocycles. The Balaban J connectivity index is 1.65. The van der Waals surface area contributed by atoms with Crippen molar-refractivity contribution in [2.24, 2.45) is 5.92 Å². The second kappa shape index (κ2) is 10.2. The molecule has 7 heteroatoms. The van der Waals surface area contributed by atoms with Gasteiger partial charge in [0.25, 0.3) is 0 Å². The van der Waals surface area contributed by atoms with Crippen molar-refractivity contribution in [3.8, 4) is 0 Å². The van der Waals surface area contributed by atoms with Crippen molar-refractivity contribution in [3.63, 3.8) is 0 Å². The molecule has 0 radical (unpaired) electrons. The van der Waals surface area contributed by atoms with Crippen LogP contribution in [-0.4, -0.2) is 73.1 Å². The Morgan fingerprint density at radius 2 is 2.07 bits per heavy atom. The summed E-state index contributed by atoms with van der Waals surface area (Å²) >= 11 is 0. The Morgan fingerprint density at radius 3 is 2.79 bits per heavy atom. The lowest BCUT2D eigenvalue weighted by atomic mass is 9.89. The maximum absolute atomic E-state index is 12.3. The highest BCUT2D eigenvalue weighted by Crippen LogP contribution is 2.28. The Hall–Kier alpha value is -1.73. The third kappa shape index (κ3) is 5.64. The van der Waals surface area contributed by atoms with E-state index in [1.54, 1.807) is 7.11 Å². The second-order valence-corrected chi connectivity index (χ2v) is 8.28. The van der Waals surface area contributed by atoms with Gasteiger partial charge in [-0.3, -0.25) is 9.69 Å². The van der Waals surface area contributed by atoms with Crippen molar-refractivity contribution in [2.45, 2.75) is 51.0 Å². The topological polar surface area (TPSA) is 70.6 Å². The molecular weight excluding hydrogens is 354 g/mol. The van der Waals surface area contributed by atoms with Gasteiger partial charge in [0.05, 0.1) is 18.8 Å². The molecule has 1 N–H and O–H groups in total. The molecule has 0 bridgehead atoms. The Morgan fingerprint density at radius 1 is 1.29 bits per heavy atom. The molecule has 1 amide bonds. The first-order valence-corrected chi connectivity index (χ1v) is 10.6. The van der Waals surface area contributed by atoms with Crippen LogP contribution < -0.4 is 5.32 Å². The van der Waals surface area contributed by atoms with Gasteiger partial charge >= 0.3 is 0 Å². The molecule has 156 valence electrons. The van der Waals surface area contributed by atoms with Crippen molar-refractivity contribution in [3.05, 3.63) is 17.6 Å². The highest BCUT2D eigenvalue weighted by atomic mass is 16.5. The molecule has 28 heavy (non-hydrogen) atoms. The van der Waals surface area contributed by atoms with E-state index in [0.717, 1.165) is 36.3 Å². The molecule has 3 rings (SSSR count). The summed E-state index contributed by atoms with van der Waals surface area (Å²) in [6.07, 6.45) is 7.32. The number of hydrogen-bond acceptors (Lipinski definition) is 6. The zero-order valence-corrected chi connectivity index (χ0v) is 17.6. The minimum Gasteiger partial charge on any atom is -0.383 e. The number of nitrogens with zero attached hydrogens (tertiary/aromatic N) is 4. The molecule has 0 spiro atoms. The zero-order valence-electron chi connectivity index (χ0n) is 17.6. The van der Waals surface area contributed by atoms with Crippen LogP contribution in [0.4, 0.5) is 5.82 Å². The third-order valence-corrected chi connectivity index (χ3v) is 5.95. The average molecular weight is 390 g/mol. The largest absolute Gasteiger partial charge is 0.383 e. The maximum Gasteiger partial charge on any atom is 0.223 e. The summed E-state index contributed by atoms with van der Waals surface area (Å²) in [5.41, 5.74) is 0.966. The number of rotatable bonds is 9. The number of hydrogen-bond donors (Lipinski definition) is 1. The average Bonchev–Trinajstić information content (AvgIpc) is 3.07. The summed E-state index contributed by atoms with van der Waals surface area (Å²) in [4.78, 5) is 26.0. The van der Waals surface area contributed by atoms with Crippen molar-refractivity contribution >= 4 is 11.7 Å². The SMILES string of the molecule is CNc1cc(C2CC(=O)N(CCOC)C2)nc(CN(C)CC2CCCCC2)n1.